The van der Waals surface area contributed by atoms with Gasteiger partial charge in [0, 0.05) is 8.80 Å². The van der Waals surface area contributed by atoms with Crippen LogP contribution in [0.1, 0.15) is 95.1 Å². The number of nitriles is 1. The zero-order chi connectivity index (χ0) is 22.1. The number of unbranched alkanes of at least 4 members (excludes halogenated alkanes) is 3. The summed E-state index contributed by atoms with van der Waals surface area (Å²) in [6.07, 6.45) is 17.1. The largest absolute Gasteiger partial charge is 0.205 e. The molecule has 2 fully saturated rings. The summed E-state index contributed by atoms with van der Waals surface area (Å²) in [6.45, 7) is 2.31. The second-order valence-electron chi connectivity index (χ2n) is 10.3. The van der Waals surface area contributed by atoms with Crippen LogP contribution < -0.4 is 0 Å². The van der Waals surface area contributed by atoms with Crippen molar-refractivity contribution < 1.29 is 8.78 Å². The van der Waals surface area contributed by atoms with Gasteiger partial charge in [0.15, 0.2) is 0 Å². The van der Waals surface area contributed by atoms with Crippen molar-refractivity contribution in [3.8, 4) is 6.07 Å². The Hall–Kier alpha value is -1.21. The first kappa shape index (κ1) is 24.4. The van der Waals surface area contributed by atoms with Gasteiger partial charge in [-0.05, 0) is 61.1 Å². The predicted octanol–water partition coefficient (Wildman–Crippen LogP) is 8.18. The van der Waals surface area contributed by atoms with Crippen molar-refractivity contribution in [2.45, 2.75) is 109 Å². The third-order valence-corrected chi connectivity index (χ3v) is 11.7. The van der Waals surface area contributed by atoms with Crippen molar-refractivity contribution in [1.29, 1.82) is 5.26 Å². The van der Waals surface area contributed by atoms with Gasteiger partial charge in [-0.1, -0.05) is 82.8 Å². The number of hydrogen-bond donors (Lipinski definition) is 0. The molecule has 0 unspecified atom stereocenters. The average Bonchev–Trinajstić information content (AvgIpc) is 2.78. The molecule has 1 nitrogen and oxygen atoms in total. The Kier molecular flexibility index (Phi) is 10.0. The van der Waals surface area contributed by atoms with Crippen LogP contribution in [0.2, 0.25) is 18.1 Å². The van der Waals surface area contributed by atoms with E-state index in [1.165, 1.54) is 76.3 Å². The van der Waals surface area contributed by atoms with Gasteiger partial charge >= 0.3 is 0 Å². The van der Waals surface area contributed by atoms with E-state index in [-0.39, 0.29) is 8.80 Å². The van der Waals surface area contributed by atoms with Gasteiger partial charge in [0.05, 0.1) is 0 Å². The van der Waals surface area contributed by atoms with Gasteiger partial charge in [-0.15, -0.1) is 0 Å². The minimum atomic E-state index is -0.728. The summed E-state index contributed by atoms with van der Waals surface area (Å²) in [6, 6.07) is 9.09. The zero-order valence-electron chi connectivity index (χ0n) is 19.5. The lowest BCUT2D eigenvalue weighted by Crippen LogP contribution is -2.28. The van der Waals surface area contributed by atoms with E-state index in [2.05, 4.69) is 6.92 Å². The standard InChI is InChI=1S/C27H41F2NSi/c1-2-3-6-15-31-16-13-24(14-17-31)23-11-9-21(10-12-23)7-4-5-8-22-18-26(28)25(20-30)27(29)19-22/h18-19,21,23-24,31H,2-17H2,1H3/t21-,23-,24?,31?. The third kappa shape index (κ3) is 7.41. The van der Waals surface area contributed by atoms with Gasteiger partial charge in [0.1, 0.15) is 23.3 Å². The summed E-state index contributed by atoms with van der Waals surface area (Å²) < 4.78 is 27.5. The van der Waals surface area contributed by atoms with Crippen LogP contribution in [0, 0.1) is 40.7 Å². The monoisotopic (exact) mass is 445 g/mol. The van der Waals surface area contributed by atoms with E-state index >= 15 is 0 Å². The van der Waals surface area contributed by atoms with E-state index in [9.17, 15) is 8.78 Å². The maximum absolute atomic E-state index is 13.7. The molecule has 2 aliphatic rings. The van der Waals surface area contributed by atoms with Gasteiger partial charge in [0.2, 0.25) is 0 Å². The smallest absolute Gasteiger partial charge is 0.144 e. The highest BCUT2D eigenvalue weighted by Crippen LogP contribution is 2.42. The van der Waals surface area contributed by atoms with E-state index in [0.717, 1.165) is 30.6 Å². The van der Waals surface area contributed by atoms with E-state index in [0.29, 0.717) is 12.0 Å². The Balaban J connectivity index is 1.29. The Morgan fingerprint density at radius 2 is 1.55 bits per heavy atom. The normalized spacial score (nSPS) is 26.5. The first-order chi connectivity index (χ1) is 15.1. The van der Waals surface area contributed by atoms with Gasteiger partial charge in [-0.2, -0.15) is 5.26 Å². The summed E-state index contributed by atoms with van der Waals surface area (Å²) in [4.78, 5) is 0. The van der Waals surface area contributed by atoms with Crippen LogP contribution >= 0.6 is 0 Å². The van der Waals surface area contributed by atoms with Crippen LogP contribution in [0.5, 0.6) is 0 Å². The predicted molar refractivity (Wildman–Crippen MR) is 128 cm³/mol. The topological polar surface area (TPSA) is 23.8 Å². The molecule has 0 amide bonds. The number of hydrogen-bond acceptors (Lipinski definition) is 1. The lowest BCUT2D eigenvalue weighted by atomic mass is 9.73. The molecule has 0 aromatic heterocycles. The molecular weight excluding hydrogens is 404 g/mol. The molecule has 1 aliphatic carbocycles. The highest BCUT2D eigenvalue weighted by atomic mass is 28.3. The summed E-state index contributed by atoms with van der Waals surface area (Å²) in [7, 11) is -0.383. The van der Waals surface area contributed by atoms with E-state index < -0.39 is 17.2 Å². The quantitative estimate of drug-likeness (QED) is 0.263. The Bertz CT molecular complexity index is 689. The van der Waals surface area contributed by atoms with Gasteiger partial charge < -0.3 is 0 Å². The highest BCUT2D eigenvalue weighted by Gasteiger charge is 2.30. The highest BCUT2D eigenvalue weighted by molar-refractivity contribution is 6.58. The van der Waals surface area contributed by atoms with Crippen molar-refractivity contribution in [2.24, 2.45) is 17.8 Å². The second-order valence-corrected chi connectivity index (χ2v) is 13.8. The van der Waals surface area contributed by atoms with Crippen molar-refractivity contribution in [2.75, 3.05) is 0 Å². The maximum atomic E-state index is 13.7. The van der Waals surface area contributed by atoms with E-state index in [1.807, 2.05) is 0 Å². The molecule has 1 aliphatic heterocycles. The lowest BCUT2D eigenvalue weighted by molar-refractivity contribution is 0.184. The number of aryl methyl sites for hydroxylation is 1. The fraction of sp³-hybridized carbons (Fsp3) is 0.741. The molecule has 1 saturated heterocycles. The molecule has 1 aromatic rings. The number of benzene rings is 1. The molecule has 1 heterocycles. The Morgan fingerprint density at radius 1 is 0.903 bits per heavy atom. The van der Waals surface area contributed by atoms with Crippen molar-refractivity contribution >= 4 is 8.80 Å². The third-order valence-electron chi connectivity index (χ3n) is 8.21. The van der Waals surface area contributed by atoms with Crippen LogP contribution in [-0.2, 0) is 6.42 Å². The summed E-state index contributed by atoms with van der Waals surface area (Å²) in [5, 5.41) is 8.77. The lowest BCUT2D eigenvalue weighted by Gasteiger charge is -2.37. The van der Waals surface area contributed by atoms with Gasteiger partial charge in [-0.25, -0.2) is 8.78 Å². The van der Waals surface area contributed by atoms with Crippen molar-refractivity contribution in [3.05, 3.63) is 34.9 Å². The van der Waals surface area contributed by atoms with Gasteiger partial charge in [0.25, 0.3) is 0 Å². The molecule has 0 spiro atoms. The molecule has 0 radical (unpaired) electrons. The first-order valence-corrected chi connectivity index (χ1v) is 15.4. The molecule has 0 bridgehead atoms. The van der Waals surface area contributed by atoms with Gasteiger partial charge in [-0.3, -0.25) is 0 Å². The van der Waals surface area contributed by atoms with E-state index in [4.69, 9.17) is 5.26 Å². The molecule has 4 heteroatoms. The fourth-order valence-corrected chi connectivity index (χ4v) is 9.75. The van der Waals surface area contributed by atoms with Crippen LogP contribution in [0.3, 0.4) is 0 Å². The molecule has 3 rings (SSSR count). The molecular formula is C27H41F2NSi. The van der Waals surface area contributed by atoms with Crippen LogP contribution in [0.15, 0.2) is 12.1 Å². The fourth-order valence-electron chi connectivity index (χ4n) is 6.22. The molecule has 0 atom stereocenters. The average molecular weight is 446 g/mol. The van der Waals surface area contributed by atoms with Crippen LogP contribution in [0.4, 0.5) is 8.78 Å². The number of halogens is 2. The number of rotatable bonds is 10. The second kappa shape index (κ2) is 12.7. The van der Waals surface area contributed by atoms with Crippen molar-refractivity contribution in [3.63, 3.8) is 0 Å². The molecule has 172 valence electrons. The molecule has 1 aromatic carbocycles. The zero-order valence-corrected chi connectivity index (χ0v) is 20.6. The number of nitrogens with zero attached hydrogens (tertiary/aromatic N) is 1. The Labute approximate surface area is 190 Å². The SMILES string of the molecule is CCCCC[SiH]1CCC([C@H]2CC[C@H](CCCCc3cc(F)c(C#N)c(F)c3)CC2)CC1. The maximum Gasteiger partial charge on any atom is 0.144 e. The Morgan fingerprint density at radius 3 is 2.16 bits per heavy atom. The minimum Gasteiger partial charge on any atom is -0.205 e. The van der Waals surface area contributed by atoms with Crippen LogP contribution in [0.25, 0.3) is 0 Å². The molecule has 31 heavy (non-hydrogen) atoms. The first-order valence-electron chi connectivity index (χ1n) is 13.0. The minimum absolute atomic E-state index is 0.383. The molecule has 0 N–H and O–H groups in total. The van der Waals surface area contributed by atoms with Crippen molar-refractivity contribution in [1.82, 2.24) is 0 Å². The summed E-state index contributed by atoms with van der Waals surface area (Å²) in [5.41, 5.74) is 0.208. The van der Waals surface area contributed by atoms with E-state index in [1.54, 1.807) is 24.2 Å². The van der Waals surface area contributed by atoms with Crippen LogP contribution in [-0.4, -0.2) is 8.80 Å². The molecule has 1 saturated carbocycles. The summed E-state index contributed by atoms with van der Waals surface area (Å²) >= 11 is 0. The summed E-state index contributed by atoms with van der Waals surface area (Å²) in [5.74, 6) is 1.41.